The summed E-state index contributed by atoms with van der Waals surface area (Å²) in [4.78, 5) is 2.35. The number of hydrogen-bond donors (Lipinski definition) is 1. The number of aryl methyl sites for hydroxylation is 1. The zero-order chi connectivity index (χ0) is 24.1. The number of ether oxygens (including phenoxy) is 2. The van der Waals surface area contributed by atoms with Crippen LogP contribution in [-0.2, 0) is 6.54 Å². The molecule has 1 N–H and O–H groups in total. The van der Waals surface area contributed by atoms with Crippen molar-refractivity contribution >= 4 is 11.6 Å². The molecule has 4 rings (SSSR count). The van der Waals surface area contributed by atoms with Crippen molar-refractivity contribution in [2.24, 2.45) is 5.92 Å². The van der Waals surface area contributed by atoms with Crippen molar-refractivity contribution in [1.82, 2.24) is 14.7 Å². The number of halogens is 1. The Morgan fingerprint density at radius 2 is 1.91 bits per heavy atom. The fourth-order valence-electron chi connectivity index (χ4n) is 4.18. The topological polar surface area (TPSA) is 59.8 Å². The van der Waals surface area contributed by atoms with E-state index in [2.05, 4.69) is 11.8 Å². The van der Waals surface area contributed by atoms with Gasteiger partial charge in [-0.2, -0.15) is 5.10 Å². The van der Waals surface area contributed by atoms with Crippen LogP contribution in [-0.4, -0.2) is 46.1 Å². The van der Waals surface area contributed by atoms with Crippen LogP contribution >= 0.6 is 11.6 Å². The minimum Gasteiger partial charge on any atom is -0.497 e. The van der Waals surface area contributed by atoms with Crippen LogP contribution in [0.5, 0.6) is 17.4 Å². The number of nitrogens with zero attached hydrogens (tertiary/aromatic N) is 3. The van der Waals surface area contributed by atoms with E-state index in [0.717, 1.165) is 42.1 Å². The summed E-state index contributed by atoms with van der Waals surface area (Å²) in [5.41, 5.74) is 2.75. The van der Waals surface area contributed by atoms with Gasteiger partial charge in [-0.15, -0.1) is 0 Å². The van der Waals surface area contributed by atoms with Gasteiger partial charge in [-0.3, -0.25) is 4.90 Å². The van der Waals surface area contributed by atoms with E-state index in [1.54, 1.807) is 7.11 Å². The predicted molar refractivity (Wildman–Crippen MR) is 135 cm³/mol. The van der Waals surface area contributed by atoms with Crippen LogP contribution in [0, 0.1) is 12.8 Å². The van der Waals surface area contributed by atoms with Gasteiger partial charge >= 0.3 is 0 Å². The van der Waals surface area contributed by atoms with Crippen LogP contribution < -0.4 is 9.47 Å². The third kappa shape index (κ3) is 6.32. The fraction of sp³-hybridized carbons (Fsp3) is 0.444. The molecule has 34 heavy (non-hydrogen) atoms. The lowest BCUT2D eigenvalue weighted by molar-refractivity contribution is 0.0977. The Bertz CT molecular complexity index is 1080. The van der Waals surface area contributed by atoms with Crippen LogP contribution in [0.3, 0.4) is 0 Å². The Balaban J connectivity index is 1.69. The van der Waals surface area contributed by atoms with E-state index in [0.29, 0.717) is 35.7 Å². The van der Waals surface area contributed by atoms with Crippen LogP contribution in [0.25, 0.3) is 5.69 Å². The second-order valence-electron chi connectivity index (χ2n) is 9.12. The van der Waals surface area contributed by atoms with E-state index in [4.69, 9.17) is 26.2 Å². The minimum absolute atomic E-state index is 0.335. The van der Waals surface area contributed by atoms with Crippen molar-refractivity contribution < 1.29 is 14.6 Å². The molecule has 1 atom stereocenters. The molecule has 1 aliphatic carbocycles. The van der Waals surface area contributed by atoms with Crippen LogP contribution in [0.1, 0.15) is 43.9 Å². The smallest absolute Gasteiger partial charge is 0.227 e. The molecule has 1 saturated carbocycles. The summed E-state index contributed by atoms with van der Waals surface area (Å²) in [7, 11) is 1.65. The number of rotatable bonds is 12. The molecular formula is C27H34ClN3O3. The van der Waals surface area contributed by atoms with Gasteiger partial charge in [0.1, 0.15) is 11.5 Å². The number of aromatic nitrogens is 2. The largest absolute Gasteiger partial charge is 0.497 e. The summed E-state index contributed by atoms with van der Waals surface area (Å²) in [6.07, 6.45) is 3.96. The Labute approximate surface area is 207 Å². The summed E-state index contributed by atoms with van der Waals surface area (Å²) < 4.78 is 13.5. The molecule has 1 aliphatic rings. The van der Waals surface area contributed by atoms with Gasteiger partial charge in [0, 0.05) is 24.7 Å². The lowest BCUT2D eigenvalue weighted by Gasteiger charge is -2.25. The first-order valence-corrected chi connectivity index (χ1v) is 12.4. The molecule has 1 fully saturated rings. The quantitative estimate of drug-likeness (QED) is 0.342. The van der Waals surface area contributed by atoms with Crippen LogP contribution in [0.2, 0.25) is 5.02 Å². The van der Waals surface area contributed by atoms with Crippen LogP contribution in [0.4, 0.5) is 0 Å². The van der Waals surface area contributed by atoms with Crippen LogP contribution in [0.15, 0.2) is 48.5 Å². The average molecular weight is 484 g/mol. The van der Waals surface area contributed by atoms with Crippen molar-refractivity contribution in [3.8, 4) is 23.1 Å². The number of aliphatic hydroxyl groups excluding tert-OH is 1. The van der Waals surface area contributed by atoms with E-state index in [-0.39, 0.29) is 6.10 Å². The highest BCUT2D eigenvalue weighted by atomic mass is 35.5. The second kappa shape index (κ2) is 11.3. The first-order chi connectivity index (χ1) is 16.5. The average Bonchev–Trinajstić information content (AvgIpc) is 3.59. The maximum absolute atomic E-state index is 10.5. The number of hydrogen-bond acceptors (Lipinski definition) is 5. The molecular weight excluding hydrogens is 450 g/mol. The highest BCUT2D eigenvalue weighted by molar-refractivity contribution is 6.30. The molecule has 0 saturated heterocycles. The maximum Gasteiger partial charge on any atom is 0.227 e. The second-order valence-corrected chi connectivity index (χ2v) is 9.55. The van der Waals surface area contributed by atoms with E-state index < -0.39 is 0 Å². The lowest BCUT2D eigenvalue weighted by Crippen LogP contribution is -2.33. The first kappa shape index (κ1) is 24.6. The molecule has 2 aromatic carbocycles. The Hall–Kier alpha value is -2.54. The minimum atomic E-state index is -0.335. The molecule has 1 heterocycles. The van der Waals surface area contributed by atoms with Gasteiger partial charge in [0.15, 0.2) is 0 Å². The molecule has 0 amide bonds. The van der Waals surface area contributed by atoms with Gasteiger partial charge in [0.2, 0.25) is 5.88 Å². The third-order valence-corrected chi connectivity index (χ3v) is 6.38. The van der Waals surface area contributed by atoms with Crippen molar-refractivity contribution in [3.05, 3.63) is 64.8 Å². The van der Waals surface area contributed by atoms with Crippen molar-refractivity contribution in [2.45, 2.75) is 52.2 Å². The number of methoxy groups -OCH3 is 1. The Morgan fingerprint density at radius 1 is 1.18 bits per heavy atom. The van der Waals surface area contributed by atoms with Gasteiger partial charge in [0.25, 0.3) is 0 Å². The number of aliphatic hydroxyl groups is 1. The predicted octanol–water partition coefficient (Wildman–Crippen LogP) is 6.01. The van der Waals surface area contributed by atoms with Gasteiger partial charge in [-0.1, -0.05) is 31.0 Å². The molecule has 7 heteroatoms. The van der Waals surface area contributed by atoms with E-state index in [1.165, 1.54) is 12.8 Å². The standard InChI is InChI=1S/C27H34ClN3O3/c1-4-6-23(32)17-30(16-20-9-10-20)18-26-19(2)29-31(22-8-5-7-21(28)15-22)27(26)34-25-13-11-24(33-3)12-14-25/h5,7-8,11-15,20,23,32H,4,6,9-10,16-18H2,1-3H3/t23-/m1/s1. The Morgan fingerprint density at radius 3 is 2.56 bits per heavy atom. The first-order valence-electron chi connectivity index (χ1n) is 12.0. The van der Waals surface area contributed by atoms with Crippen molar-refractivity contribution in [1.29, 1.82) is 0 Å². The molecule has 0 aliphatic heterocycles. The number of benzene rings is 2. The molecule has 182 valence electrons. The summed E-state index contributed by atoms with van der Waals surface area (Å²) in [6, 6.07) is 15.1. The molecule has 0 radical (unpaired) electrons. The summed E-state index contributed by atoms with van der Waals surface area (Å²) in [6.45, 7) is 6.40. The van der Waals surface area contributed by atoms with Crippen molar-refractivity contribution in [2.75, 3.05) is 20.2 Å². The third-order valence-electron chi connectivity index (χ3n) is 6.15. The molecule has 0 spiro atoms. The normalized spacial score (nSPS) is 14.4. The lowest BCUT2D eigenvalue weighted by atomic mass is 10.1. The molecule has 6 nitrogen and oxygen atoms in total. The SMILES string of the molecule is CCC[C@@H](O)CN(Cc1c(C)nn(-c2cccc(Cl)c2)c1Oc1ccc(OC)cc1)CC1CC1. The Kier molecular flexibility index (Phi) is 8.14. The van der Waals surface area contributed by atoms with Crippen molar-refractivity contribution in [3.63, 3.8) is 0 Å². The van der Waals surface area contributed by atoms with Gasteiger partial charge in [-0.25, -0.2) is 4.68 Å². The molecule has 3 aromatic rings. The maximum atomic E-state index is 10.5. The molecule has 0 unspecified atom stereocenters. The van der Waals surface area contributed by atoms with E-state index in [1.807, 2.05) is 60.1 Å². The molecule has 1 aromatic heterocycles. The zero-order valence-corrected chi connectivity index (χ0v) is 21.0. The summed E-state index contributed by atoms with van der Waals surface area (Å²) in [5.74, 6) is 2.84. The zero-order valence-electron chi connectivity index (χ0n) is 20.2. The summed E-state index contributed by atoms with van der Waals surface area (Å²) in [5, 5.41) is 16.0. The monoisotopic (exact) mass is 483 g/mol. The van der Waals surface area contributed by atoms with Gasteiger partial charge < -0.3 is 14.6 Å². The van der Waals surface area contributed by atoms with E-state index in [9.17, 15) is 5.11 Å². The van der Waals surface area contributed by atoms with Gasteiger partial charge in [-0.05, 0) is 74.6 Å². The van der Waals surface area contributed by atoms with E-state index >= 15 is 0 Å². The van der Waals surface area contributed by atoms with Gasteiger partial charge in [0.05, 0.1) is 30.2 Å². The molecule has 0 bridgehead atoms. The highest BCUT2D eigenvalue weighted by Gasteiger charge is 2.28. The highest BCUT2D eigenvalue weighted by Crippen LogP contribution is 2.35. The fourth-order valence-corrected chi connectivity index (χ4v) is 4.36. The summed E-state index contributed by atoms with van der Waals surface area (Å²) >= 11 is 6.29.